The number of H-pyrrole nitrogens is 2. The molecule has 1 aromatic heterocycles. The molecule has 2 aliphatic carbocycles. The first-order valence-electron chi connectivity index (χ1n) is 7.69. The van der Waals surface area contributed by atoms with Crippen molar-refractivity contribution < 1.29 is 0 Å². The number of rotatable bonds is 1. The Morgan fingerprint density at radius 3 is 2.67 bits per heavy atom. The lowest BCUT2D eigenvalue weighted by atomic mass is 9.74. The number of nitrogens with one attached hydrogen (secondary N) is 2. The van der Waals surface area contributed by atoms with Crippen LogP contribution in [0.2, 0.25) is 0 Å². The lowest BCUT2D eigenvalue weighted by molar-refractivity contribution is 0.424. The molecule has 1 heterocycles. The minimum atomic E-state index is 0.000142. The van der Waals surface area contributed by atoms with Crippen molar-refractivity contribution in [1.82, 2.24) is 9.97 Å². The summed E-state index contributed by atoms with van der Waals surface area (Å²) in [5.74, 6) is 0.954. The number of aromatic amines is 2. The summed E-state index contributed by atoms with van der Waals surface area (Å²) >= 11 is 5.18. The molecule has 4 rings (SSSR count). The molecule has 2 N–H and O–H groups in total. The number of hydrogen-bond donors (Lipinski definition) is 2. The van der Waals surface area contributed by atoms with Crippen molar-refractivity contribution in [1.29, 1.82) is 0 Å². The third kappa shape index (κ3) is 2.09. The Balaban J connectivity index is 1.97. The average Bonchev–Trinajstić information content (AvgIpc) is 3.00. The van der Waals surface area contributed by atoms with Gasteiger partial charge in [0.2, 0.25) is 0 Å². The van der Waals surface area contributed by atoms with Crippen LogP contribution in [0.1, 0.15) is 42.7 Å². The molecule has 0 unspecified atom stereocenters. The van der Waals surface area contributed by atoms with Gasteiger partial charge in [0.05, 0.1) is 5.69 Å². The van der Waals surface area contributed by atoms with Gasteiger partial charge >= 0.3 is 0 Å². The highest BCUT2D eigenvalue weighted by atomic mass is 32.1. The van der Waals surface area contributed by atoms with E-state index in [1.165, 1.54) is 31.2 Å². The highest BCUT2D eigenvalue weighted by molar-refractivity contribution is 7.71. The molecular formula is C17H18N2OS. The average molecular weight is 298 g/mol. The first-order chi connectivity index (χ1) is 10.2. The van der Waals surface area contributed by atoms with Crippen LogP contribution in [-0.2, 0) is 6.42 Å². The van der Waals surface area contributed by atoms with Crippen molar-refractivity contribution in [2.75, 3.05) is 0 Å². The Morgan fingerprint density at radius 1 is 1.10 bits per heavy atom. The molecule has 21 heavy (non-hydrogen) atoms. The smallest absolute Gasteiger partial charge is 0.255 e. The van der Waals surface area contributed by atoms with Gasteiger partial charge in [-0.1, -0.05) is 37.1 Å². The third-order valence-electron chi connectivity index (χ3n) is 5.05. The topological polar surface area (TPSA) is 48.6 Å². The first kappa shape index (κ1) is 13.0. The van der Waals surface area contributed by atoms with Crippen LogP contribution in [-0.4, -0.2) is 9.97 Å². The summed E-state index contributed by atoms with van der Waals surface area (Å²) in [6.07, 6.45) is 6.03. The molecule has 2 aromatic rings. The number of benzene rings is 1. The maximum atomic E-state index is 12.5. The summed E-state index contributed by atoms with van der Waals surface area (Å²) in [7, 11) is 0. The van der Waals surface area contributed by atoms with E-state index in [1.807, 2.05) is 6.07 Å². The second kappa shape index (κ2) is 4.95. The summed E-state index contributed by atoms with van der Waals surface area (Å²) < 4.78 is 0.417. The molecule has 1 saturated carbocycles. The van der Waals surface area contributed by atoms with E-state index < -0.39 is 0 Å². The molecule has 3 nitrogen and oxygen atoms in total. The van der Waals surface area contributed by atoms with Crippen LogP contribution in [0.3, 0.4) is 0 Å². The van der Waals surface area contributed by atoms with Crippen molar-refractivity contribution in [3.05, 3.63) is 50.5 Å². The van der Waals surface area contributed by atoms with Gasteiger partial charge < -0.3 is 4.98 Å². The predicted molar refractivity (Wildman–Crippen MR) is 86.1 cm³/mol. The van der Waals surface area contributed by atoms with E-state index in [9.17, 15) is 4.79 Å². The highest BCUT2D eigenvalue weighted by Gasteiger charge is 2.34. The Hall–Kier alpha value is -1.68. The Bertz CT molecular complexity index is 799. The number of fused-ring (bicyclic) bond motifs is 3. The molecule has 0 bridgehead atoms. The summed E-state index contributed by atoms with van der Waals surface area (Å²) in [5, 5.41) is 0. The molecule has 0 radical (unpaired) electrons. The van der Waals surface area contributed by atoms with Gasteiger partial charge in [0.25, 0.3) is 5.56 Å². The molecule has 0 amide bonds. The zero-order chi connectivity index (χ0) is 14.4. The summed E-state index contributed by atoms with van der Waals surface area (Å²) in [6, 6.07) is 8.37. The highest BCUT2D eigenvalue weighted by Crippen LogP contribution is 2.45. The maximum Gasteiger partial charge on any atom is 0.255 e. The molecule has 108 valence electrons. The van der Waals surface area contributed by atoms with E-state index >= 15 is 0 Å². The van der Waals surface area contributed by atoms with Crippen molar-refractivity contribution >= 4 is 12.2 Å². The molecule has 1 atom stereocenters. The zero-order valence-corrected chi connectivity index (χ0v) is 12.6. The van der Waals surface area contributed by atoms with Gasteiger partial charge in [0.1, 0.15) is 0 Å². The standard InChI is InChI=1S/C17H18N2OS/c20-16-14-13(10-5-1-2-6-10)9-11-7-3-4-8-12(11)15(14)18-17(21)19-16/h3-4,7-8,10,13H,1-2,5-6,9H2,(H2,18,19,20,21)/t13-/m1/s1. The number of aromatic nitrogens is 2. The van der Waals surface area contributed by atoms with Crippen LogP contribution >= 0.6 is 12.2 Å². The zero-order valence-electron chi connectivity index (χ0n) is 11.8. The van der Waals surface area contributed by atoms with Crippen molar-refractivity contribution in [3.63, 3.8) is 0 Å². The van der Waals surface area contributed by atoms with Crippen LogP contribution in [0.5, 0.6) is 0 Å². The fourth-order valence-electron chi connectivity index (χ4n) is 4.11. The predicted octanol–water partition coefficient (Wildman–Crippen LogP) is 3.93. The van der Waals surface area contributed by atoms with Crippen molar-refractivity contribution in [2.24, 2.45) is 5.92 Å². The Kier molecular flexibility index (Phi) is 3.07. The van der Waals surface area contributed by atoms with Gasteiger partial charge in [-0.2, -0.15) is 0 Å². The van der Waals surface area contributed by atoms with E-state index in [1.54, 1.807) is 0 Å². The van der Waals surface area contributed by atoms with Crippen molar-refractivity contribution in [2.45, 2.75) is 38.0 Å². The van der Waals surface area contributed by atoms with E-state index in [-0.39, 0.29) is 5.56 Å². The van der Waals surface area contributed by atoms with E-state index in [0.29, 0.717) is 16.6 Å². The second-order valence-corrected chi connectivity index (χ2v) is 6.62. The third-order valence-corrected chi connectivity index (χ3v) is 5.25. The van der Waals surface area contributed by atoms with Gasteiger partial charge in [-0.25, -0.2) is 0 Å². The Morgan fingerprint density at radius 2 is 1.86 bits per heavy atom. The van der Waals surface area contributed by atoms with E-state index in [4.69, 9.17) is 12.2 Å². The SMILES string of the molecule is O=c1[nH]c(=S)[nH]c2c1[C@@H](C1CCCC1)Cc1ccccc1-2. The molecule has 2 aliphatic rings. The summed E-state index contributed by atoms with van der Waals surface area (Å²) in [5.41, 5.74) is 4.34. The van der Waals surface area contributed by atoms with Gasteiger partial charge in [-0.15, -0.1) is 0 Å². The van der Waals surface area contributed by atoms with E-state index in [2.05, 4.69) is 28.2 Å². The van der Waals surface area contributed by atoms with Crippen LogP contribution in [0.15, 0.2) is 29.1 Å². The minimum Gasteiger partial charge on any atom is -0.331 e. The maximum absolute atomic E-state index is 12.5. The second-order valence-electron chi connectivity index (χ2n) is 6.21. The summed E-state index contributed by atoms with van der Waals surface area (Å²) in [4.78, 5) is 18.5. The molecular weight excluding hydrogens is 280 g/mol. The lowest BCUT2D eigenvalue weighted by Crippen LogP contribution is -2.27. The van der Waals surface area contributed by atoms with Gasteiger partial charge in [-0.3, -0.25) is 9.78 Å². The minimum absolute atomic E-state index is 0.000142. The first-order valence-corrected chi connectivity index (χ1v) is 8.09. The Labute approximate surface area is 128 Å². The van der Waals surface area contributed by atoms with Gasteiger partial charge in [0, 0.05) is 11.1 Å². The lowest BCUT2D eigenvalue weighted by Gasteiger charge is -2.30. The number of hydrogen-bond acceptors (Lipinski definition) is 2. The normalized spacial score (nSPS) is 21.0. The van der Waals surface area contributed by atoms with Crippen LogP contribution in [0.4, 0.5) is 0 Å². The van der Waals surface area contributed by atoms with Crippen LogP contribution < -0.4 is 5.56 Å². The molecule has 0 spiro atoms. The molecule has 1 aromatic carbocycles. The molecule has 0 saturated heterocycles. The molecule has 4 heteroatoms. The largest absolute Gasteiger partial charge is 0.331 e. The van der Waals surface area contributed by atoms with Crippen LogP contribution in [0, 0.1) is 10.7 Å². The monoisotopic (exact) mass is 298 g/mol. The quantitative estimate of drug-likeness (QED) is 0.784. The van der Waals surface area contributed by atoms with Crippen LogP contribution in [0.25, 0.3) is 11.3 Å². The van der Waals surface area contributed by atoms with Crippen molar-refractivity contribution in [3.8, 4) is 11.3 Å². The molecule has 1 fully saturated rings. The van der Waals surface area contributed by atoms with Gasteiger partial charge in [0.15, 0.2) is 4.77 Å². The van der Waals surface area contributed by atoms with E-state index in [0.717, 1.165) is 23.2 Å². The summed E-state index contributed by atoms with van der Waals surface area (Å²) in [6.45, 7) is 0. The van der Waals surface area contributed by atoms with Gasteiger partial charge in [-0.05, 0) is 48.9 Å². The fourth-order valence-corrected chi connectivity index (χ4v) is 4.30. The fraction of sp³-hybridized carbons (Fsp3) is 0.412. The molecule has 0 aliphatic heterocycles.